The number of imide groups is 1. The summed E-state index contributed by atoms with van der Waals surface area (Å²) in [7, 11) is 0. The highest BCUT2D eigenvalue weighted by Crippen LogP contribution is 2.22. The molecule has 2 heterocycles. The third kappa shape index (κ3) is 5.32. The Morgan fingerprint density at radius 3 is 2.61 bits per heavy atom. The molecule has 1 saturated heterocycles. The summed E-state index contributed by atoms with van der Waals surface area (Å²) in [5.74, 6) is 0.453. The Bertz CT molecular complexity index is 848. The number of urea groups is 1. The highest BCUT2D eigenvalue weighted by Gasteiger charge is 2.29. The number of benzene rings is 1. The SMILES string of the molecule is CC(C)c1nc(CCNC(=O)Nc2ccc(CN3C(=O)CSC3=O)cc2)cs1. The molecule has 7 nitrogen and oxygen atoms in total. The highest BCUT2D eigenvalue weighted by atomic mass is 32.2. The summed E-state index contributed by atoms with van der Waals surface area (Å²) in [5.41, 5.74) is 2.47. The van der Waals surface area contributed by atoms with Crippen molar-refractivity contribution in [1.82, 2.24) is 15.2 Å². The second kappa shape index (κ2) is 9.20. The molecule has 0 aliphatic carbocycles. The number of amides is 4. The molecule has 148 valence electrons. The van der Waals surface area contributed by atoms with Gasteiger partial charge in [0.1, 0.15) is 0 Å². The number of carbonyl (C=O) groups is 3. The van der Waals surface area contributed by atoms with Crippen LogP contribution in [-0.2, 0) is 17.8 Å². The maximum atomic E-state index is 12.0. The van der Waals surface area contributed by atoms with Crippen molar-refractivity contribution in [3.8, 4) is 0 Å². The number of hydrogen-bond donors (Lipinski definition) is 2. The molecule has 4 amide bonds. The number of hydrogen-bond acceptors (Lipinski definition) is 6. The van der Waals surface area contributed by atoms with E-state index in [2.05, 4.69) is 29.5 Å². The maximum absolute atomic E-state index is 12.0. The highest BCUT2D eigenvalue weighted by molar-refractivity contribution is 8.14. The molecule has 0 saturated carbocycles. The van der Waals surface area contributed by atoms with Crippen LogP contribution in [0.4, 0.5) is 15.3 Å². The number of nitrogens with zero attached hydrogens (tertiary/aromatic N) is 2. The number of thiazole rings is 1. The fraction of sp³-hybridized carbons (Fsp3) is 0.368. The quantitative estimate of drug-likeness (QED) is 0.713. The van der Waals surface area contributed by atoms with Crippen molar-refractivity contribution >= 4 is 46.0 Å². The number of rotatable bonds is 7. The summed E-state index contributed by atoms with van der Waals surface area (Å²) in [6.07, 6.45) is 0.686. The standard InChI is InChI=1S/C19H22N4O3S2/c1-12(2)17-21-15(10-27-17)7-8-20-18(25)22-14-5-3-13(4-6-14)9-23-16(24)11-28-19(23)26/h3-6,10,12H,7-9,11H2,1-2H3,(H2,20,22,25). The number of aromatic nitrogens is 1. The van der Waals surface area contributed by atoms with E-state index in [1.165, 1.54) is 4.90 Å². The van der Waals surface area contributed by atoms with Gasteiger partial charge in [-0.3, -0.25) is 14.5 Å². The monoisotopic (exact) mass is 418 g/mol. The molecule has 0 bridgehead atoms. The minimum Gasteiger partial charge on any atom is -0.337 e. The van der Waals surface area contributed by atoms with Crippen molar-refractivity contribution in [2.45, 2.75) is 32.7 Å². The Balaban J connectivity index is 1.43. The van der Waals surface area contributed by atoms with Gasteiger partial charge in [-0.05, 0) is 17.7 Å². The van der Waals surface area contributed by atoms with Gasteiger partial charge in [0.05, 0.1) is 23.0 Å². The summed E-state index contributed by atoms with van der Waals surface area (Å²) in [4.78, 5) is 41.1. The number of nitrogens with one attached hydrogen (secondary N) is 2. The molecule has 0 spiro atoms. The lowest BCUT2D eigenvalue weighted by Gasteiger charge is -2.13. The van der Waals surface area contributed by atoms with Gasteiger partial charge >= 0.3 is 6.03 Å². The van der Waals surface area contributed by atoms with E-state index < -0.39 is 0 Å². The zero-order chi connectivity index (χ0) is 20.1. The van der Waals surface area contributed by atoms with Crippen molar-refractivity contribution < 1.29 is 14.4 Å². The van der Waals surface area contributed by atoms with Crippen molar-refractivity contribution in [2.24, 2.45) is 0 Å². The molecule has 1 aliphatic rings. The van der Waals surface area contributed by atoms with E-state index in [9.17, 15) is 14.4 Å². The van der Waals surface area contributed by atoms with E-state index in [0.29, 0.717) is 24.6 Å². The average molecular weight is 419 g/mol. The van der Waals surface area contributed by atoms with Gasteiger partial charge in [-0.25, -0.2) is 9.78 Å². The number of anilines is 1. The van der Waals surface area contributed by atoms with Gasteiger partial charge in [-0.15, -0.1) is 11.3 Å². The van der Waals surface area contributed by atoms with Gasteiger partial charge < -0.3 is 10.6 Å². The van der Waals surface area contributed by atoms with E-state index in [1.807, 2.05) is 5.38 Å². The van der Waals surface area contributed by atoms with Crippen molar-refractivity contribution in [3.05, 3.63) is 45.9 Å². The van der Waals surface area contributed by atoms with E-state index in [-0.39, 0.29) is 29.5 Å². The van der Waals surface area contributed by atoms with Crippen LogP contribution in [0.15, 0.2) is 29.6 Å². The molecular weight excluding hydrogens is 396 g/mol. The zero-order valence-electron chi connectivity index (χ0n) is 15.7. The van der Waals surface area contributed by atoms with Crippen molar-refractivity contribution in [2.75, 3.05) is 17.6 Å². The van der Waals surface area contributed by atoms with Crippen LogP contribution in [0, 0.1) is 0 Å². The maximum Gasteiger partial charge on any atom is 0.319 e. The second-order valence-corrected chi connectivity index (χ2v) is 8.51. The van der Waals surface area contributed by atoms with Crippen LogP contribution in [0.1, 0.15) is 36.0 Å². The van der Waals surface area contributed by atoms with E-state index in [0.717, 1.165) is 28.0 Å². The van der Waals surface area contributed by atoms with Crippen LogP contribution in [0.2, 0.25) is 0 Å². The summed E-state index contributed by atoms with van der Waals surface area (Å²) in [6.45, 7) is 4.98. The van der Waals surface area contributed by atoms with E-state index in [4.69, 9.17) is 0 Å². The largest absolute Gasteiger partial charge is 0.337 e. The third-order valence-corrected chi connectivity index (χ3v) is 6.18. The second-order valence-electron chi connectivity index (χ2n) is 6.69. The first-order valence-corrected chi connectivity index (χ1v) is 10.8. The Morgan fingerprint density at radius 2 is 2.00 bits per heavy atom. The molecule has 1 aromatic heterocycles. The number of thioether (sulfide) groups is 1. The lowest BCUT2D eigenvalue weighted by atomic mass is 10.2. The van der Waals surface area contributed by atoms with Crippen LogP contribution < -0.4 is 10.6 Å². The molecule has 2 N–H and O–H groups in total. The molecule has 0 radical (unpaired) electrons. The molecular formula is C19H22N4O3S2. The predicted molar refractivity (Wildman–Crippen MR) is 112 cm³/mol. The predicted octanol–water partition coefficient (Wildman–Crippen LogP) is 3.83. The summed E-state index contributed by atoms with van der Waals surface area (Å²) < 4.78 is 0. The molecule has 2 aromatic rings. The minimum atomic E-state index is -0.284. The van der Waals surface area contributed by atoms with Crippen molar-refractivity contribution in [1.29, 1.82) is 0 Å². The summed E-state index contributed by atoms with van der Waals surface area (Å²) in [5, 5.41) is 8.51. The van der Waals surface area contributed by atoms with Gasteiger partial charge in [0.15, 0.2) is 0 Å². The van der Waals surface area contributed by atoms with Crippen LogP contribution >= 0.6 is 23.1 Å². The Morgan fingerprint density at radius 1 is 1.25 bits per heavy atom. The lowest BCUT2D eigenvalue weighted by Crippen LogP contribution is -2.30. The molecule has 9 heteroatoms. The number of carbonyl (C=O) groups excluding carboxylic acids is 3. The molecule has 0 unspecified atom stereocenters. The summed E-state index contributed by atoms with van der Waals surface area (Å²) in [6, 6.07) is 6.81. The van der Waals surface area contributed by atoms with Crippen LogP contribution in [0.3, 0.4) is 0 Å². The average Bonchev–Trinajstić information content (AvgIpc) is 3.25. The molecule has 28 heavy (non-hydrogen) atoms. The Kier molecular flexibility index (Phi) is 6.69. The molecule has 1 aliphatic heterocycles. The van der Waals surface area contributed by atoms with Crippen LogP contribution in [0.5, 0.6) is 0 Å². The van der Waals surface area contributed by atoms with Crippen LogP contribution in [-0.4, -0.2) is 39.4 Å². The summed E-state index contributed by atoms with van der Waals surface area (Å²) >= 11 is 2.67. The van der Waals surface area contributed by atoms with Crippen molar-refractivity contribution in [3.63, 3.8) is 0 Å². The zero-order valence-corrected chi connectivity index (χ0v) is 17.4. The van der Waals surface area contributed by atoms with Crippen LogP contribution in [0.25, 0.3) is 0 Å². The minimum absolute atomic E-state index is 0.169. The van der Waals surface area contributed by atoms with Gasteiger partial charge in [0.2, 0.25) is 5.91 Å². The topological polar surface area (TPSA) is 91.4 Å². The molecule has 1 fully saturated rings. The first-order chi connectivity index (χ1) is 13.4. The third-order valence-electron chi connectivity index (χ3n) is 4.12. The van der Waals surface area contributed by atoms with Gasteiger partial charge in [-0.1, -0.05) is 37.7 Å². The Hall–Kier alpha value is -2.39. The fourth-order valence-corrected chi connectivity index (χ4v) is 4.19. The Labute approximate surface area is 171 Å². The van der Waals surface area contributed by atoms with E-state index >= 15 is 0 Å². The fourth-order valence-electron chi connectivity index (χ4n) is 2.59. The molecule has 0 atom stereocenters. The van der Waals surface area contributed by atoms with E-state index in [1.54, 1.807) is 35.6 Å². The van der Waals surface area contributed by atoms with Gasteiger partial charge in [0.25, 0.3) is 5.24 Å². The van der Waals surface area contributed by atoms with Gasteiger partial charge in [-0.2, -0.15) is 0 Å². The van der Waals surface area contributed by atoms with Gasteiger partial charge in [0, 0.05) is 30.0 Å². The smallest absolute Gasteiger partial charge is 0.319 e. The first kappa shape index (κ1) is 20.3. The molecule has 3 rings (SSSR count). The normalized spacial score (nSPS) is 14.0. The lowest BCUT2D eigenvalue weighted by molar-refractivity contribution is -0.125. The first-order valence-electron chi connectivity index (χ1n) is 8.97. The molecule has 1 aromatic carbocycles.